The van der Waals surface area contributed by atoms with E-state index in [0.717, 1.165) is 41.5 Å². The molecule has 8 heteroatoms. The molecule has 3 heterocycles. The number of rotatable bonds is 7. The first-order valence-corrected chi connectivity index (χ1v) is 13.2. The lowest BCUT2D eigenvalue weighted by Crippen LogP contribution is -2.65. The van der Waals surface area contributed by atoms with E-state index in [1.54, 1.807) is 30.5 Å². The lowest BCUT2D eigenvalue weighted by molar-refractivity contribution is -0.133. The van der Waals surface area contributed by atoms with Crippen molar-refractivity contribution in [1.29, 1.82) is 0 Å². The topological polar surface area (TPSA) is 72.8 Å². The molecule has 0 spiro atoms. The number of hydrogen-bond acceptors (Lipinski definition) is 5. The van der Waals surface area contributed by atoms with Gasteiger partial charge in [0.25, 0.3) is 5.91 Å². The van der Waals surface area contributed by atoms with E-state index >= 15 is 0 Å². The Kier molecular flexibility index (Phi) is 6.49. The monoisotopic (exact) mass is 495 g/mol. The molecule has 1 aromatic carbocycles. The molecule has 1 saturated carbocycles. The van der Waals surface area contributed by atoms with Gasteiger partial charge in [-0.05, 0) is 61.4 Å². The highest BCUT2D eigenvalue weighted by Gasteiger charge is 2.48. The summed E-state index contributed by atoms with van der Waals surface area (Å²) in [4.78, 5) is 29.4. The van der Waals surface area contributed by atoms with Crippen LogP contribution in [0, 0.1) is 0 Å². The van der Waals surface area contributed by atoms with E-state index in [1.807, 2.05) is 47.2 Å². The molecule has 1 aliphatic carbocycles. The van der Waals surface area contributed by atoms with Crippen LogP contribution in [0.25, 0.3) is 10.2 Å². The quantitative estimate of drug-likeness (QED) is 0.519. The number of thiophene rings is 1. The number of aromatic nitrogens is 1. The van der Waals surface area contributed by atoms with E-state index in [2.05, 4.69) is 5.32 Å². The number of nitrogens with zero attached hydrogens (tertiary/aromatic N) is 2. The summed E-state index contributed by atoms with van der Waals surface area (Å²) in [6, 6.07) is 9.97. The van der Waals surface area contributed by atoms with E-state index in [0.29, 0.717) is 36.7 Å². The summed E-state index contributed by atoms with van der Waals surface area (Å²) in [6.07, 6.45) is 6.12. The normalized spacial score (nSPS) is 20.7. The van der Waals surface area contributed by atoms with Crippen molar-refractivity contribution in [3.63, 3.8) is 0 Å². The molecule has 0 bridgehead atoms. The van der Waals surface area contributed by atoms with Crippen LogP contribution in [0.1, 0.15) is 55.1 Å². The first kappa shape index (κ1) is 23.7. The van der Waals surface area contributed by atoms with Crippen LogP contribution < -0.4 is 14.8 Å². The predicted octanol–water partition coefficient (Wildman–Crippen LogP) is 4.63. The number of fused-ring (bicyclic) bond motifs is 3. The second-order valence-electron chi connectivity index (χ2n) is 9.76. The Morgan fingerprint density at radius 2 is 1.89 bits per heavy atom. The average Bonchev–Trinajstić information content (AvgIpc) is 3.47. The molecule has 1 aliphatic heterocycles. The van der Waals surface area contributed by atoms with Gasteiger partial charge in [-0.3, -0.25) is 9.59 Å². The third kappa shape index (κ3) is 4.29. The zero-order valence-corrected chi connectivity index (χ0v) is 21.5. The van der Waals surface area contributed by atoms with Crippen molar-refractivity contribution in [2.24, 2.45) is 0 Å². The van der Waals surface area contributed by atoms with Gasteiger partial charge in [0.15, 0.2) is 11.5 Å². The van der Waals surface area contributed by atoms with Crippen LogP contribution in [0.3, 0.4) is 0 Å². The predicted molar refractivity (Wildman–Crippen MR) is 138 cm³/mol. The summed E-state index contributed by atoms with van der Waals surface area (Å²) in [6.45, 7) is 2.79. The van der Waals surface area contributed by atoms with Crippen molar-refractivity contribution >= 4 is 33.4 Å². The van der Waals surface area contributed by atoms with Crippen LogP contribution in [0.2, 0.25) is 0 Å². The highest BCUT2D eigenvalue weighted by atomic mass is 32.1. The molecule has 2 aliphatic rings. The highest BCUT2D eigenvalue weighted by Crippen LogP contribution is 2.35. The van der Waals surface area contributed by atoms with E-state index in [9.17, 15) is 9.59 Å². The Bertz CT molecular complexity index is 1240. The van der Waals surface area contributed by atoms with Gasteiger partial charge in [-0.1, -0.05) is 25.3 Å². The van der Waals surface area contributed by atoms with E-state index in [4.69, 9.17) is 9.47 Å². The van der Waals surface area contributed by atoms with Crippen molar-refractivity contribution in [1.82, 2.24) is 14.8 Å². The number of benzene rings is 1. The van der Waals surface area contributed by atoms with Gasteiger partial charge >= 0.3 is 0 Å². The molecule has 0 saturated heterocycles. The molecule has 1 fully saturated rings. The highest BCUT2D eigenvalue weighted by molar-refractivity contribution is 7.17. The third-order valence-electron chi connectivity index (χ3n) is 7.55. The maximum atomic E-state index is 13.8. The summed E-state index contributed by atoms with van der Waals surface area (Å²) in [5.41, 5.74) is 1.72. The van der Waals surface area contributed by atoms with Gasteiger partial charge in [-0.15, -0.1) is 11.3 Å². The van der Waals surface area contributed by atoms with Crippen LogP contribution in [0.15, 0.2) is 35.7 Å². The minimum atomic E-state index is -0.980. The van der Waals surface area contributed by atoms with Gasteiger partial charge in [-0.25, -0.2) is 0 Å². The van der Waals surface area contributed by atoms with E-state index in [1.165, 1.54) is 6.42 Å². The molecule has 1 unspecified atom stereocenters. The Balaban J connectivity index is 1.45. The second kappa shape index (κ2) is 9.57. The third-order valence-corrected chi connectivity index (χ3v) is 8.40. The number of hydrogen-bond donors (Lipinski definition) is 1. The fourth-order valence-corrected chi connectivity index (χ4v) is 6.31. The lowest BCUT2D eigenvalue weighted by atomic mass is 9.91. The zero-order valence-electron chi connectivity index (χ0n) is 20.6. The second-order valence-corrected chi connectivity index (χ2v) is 10.7. The zero-order chi connectivity index (χ0) is 24.6. The first-order chi connectivity index (χ1) is 16.9. The van der Waals surface area contributed by atoms with E-state index < -0.39 is 5.54 Å². The number of ether oxygens (including phenoxy) is 2. The van der Waals surface area contributed by atoms with Crippen molar-refractivity contribution in [3.8, 4) is 11.5 Å². The molecule has 186 valence electrons. The lowest BCUT2D eigenvalue weighted by Gasteiger charge is -2.45. The molecule has 1 N–H and O–H groups in total. The van der Waals surface area contributed by atoms with Crippen LogP contribution in [-0.4, -0.2) is 53.6 Å². The smallest absolute Gasteiger partial charge is 0.271 e. The fourth-order valence-electron chi connectivity index (χ4n) is 5.49. The van der Waals surface area contributed by atoms with Gasteiger partial charge in [-0.2, -0.15) is 0 Å². The Labute approximate surface area is 210 Å². The van der Waals surface area contributed by atoms with Crippen LogP contribution in [0.5, 0.6) is 11.5 Å². The largest absolute Gasteiger partial charge is 0.493 e. The Morgan fingerprint density at radius 3 is 2.63 bits per heavy atom. The van der Waals surface area contributed by atoms with Crippen LogP contribution in [0.4, 0.5) is 0 Å². The Hall–Kier alpha value is -3.00. The Morgan fingerprint density at radius 1 is 1.11 bits per heavy atom. The average molecular weight is 496 g/mol. The molecule has 35 heavy (non-hydrogen) atoms. The van der Waals surface area contributed by atoms with Gasteiger partial charge in [0.05, 0.1) is 31.0 Å². The van der Waals surface area contributed by atoms with E-state index in [-0.39, 0.29) is 17.9 Å². The van der Waals surface area contributed by atoms with Crippen LogP contribution in [-0.2, 0) is 17.8 Å². The molecular weight excluding hydrogens is 462 g/mol. The van der Waals surface area contributed by atoms with Gasteiger partial charge in [0.1, 0.15) is 11.2 Å². The summed E-state index contributed by atoms with van der Waals surface area (Å²) in [5.74, 6) is 1.16. The summed E-state index contributed by atoms with van der Waals surface area (Å²) in [7, 11) is 3.22. The fraction of sp³-hybridized carbons (Fsp3) is 0.481. The number of carbonyl (C=O) groups is 2. The molecule has 3 aromatic rings. The molecular formula is C27H33N3O4S. The van der Waals surface area contributed by atoms with Gasteiger partial charge < -0.3 is 24.3 Å². The number of amides is 2. The van der Waals surface area contributed by atoms with Crippen molar-refractivity contribution in [3.05, 3.63) is 47.0 Å². The molecule has 2 amide bonds. The molecule has 5 rings (SSSR count). The van der Waals surface area contributed by atoms with Crippen molar-refractivity contribution in [2.45, 2.75) is 63.6 Å². The maximum Gasteiger partial charge on any atom is 0.271 e. The van der Waals surface area contributed by atoms with Crippen molar-refractivity contribution in [2.75, 3.05) is 20.8 Å². The number of nitrogens with one attached hydrogen (secondary N) is 1. The summed E-state index contributed by atoms with van der Waals surface area (Å²) < 4.78 is 13.9. The maximum absolute atomic E-state index is 13.8. The van der Waals surface area contributed by atoms with Gasteiger partial charge in [0.2, 0.25) is 5.91 Å². The standard InChI is InChI=1S/C27H33N3O4S/c1-27(26(32)28-19-7-5-4-6-8-19)17-29-20-12-14-35-24(20)16-21(29)25(31)30(27)13-11-18-9-10-22(33-2)23(15-18)34-3/h9-10,12,14-16,19H,4-8,11,13,17H2,1-3H3,(H,28,32). The first-order valence-electron chi connectivity index (χ1n) is 12.3. The molecule has 7 nitrogen and oxygen atoms in total. The van der Waals surface area contributed by atoms with Crippen molar-refractivity contribution < 1.29 is 19.1 Å². The molecule has 1 atom stereocenters. The summed E-state index contributed by atoms with van der Waals surface area (Å²) >= 11 is 1.62. The van der Waals surface area contributed by atoms with Gasteiger partial charge in [0, 0.05) is 12.6 Å². The molecule has 2 aromatic heterocycles. The minimum Gasteiger partial charge on any atom is -0.493 e. The number of carbonyl (C=O) groups excluding carboxylic acids is 2. The van der Waals surface area contributed by atoms with Crippen LogP contribution >= 0.6 is 11.3 Å². The number of methoxy groups -OCH3 is 2. The molecule has 0 radical (unpaired) electrons. The summed E-state index contributed by atoms with van der Waals surface area (Å²) in [5, 5.41) is 5.33. The minimum absolute atomic E-state index is 0.0622. The SMILES string of the molecule is COc1ccc(CCN2C(=O)c3cc4sccc4n3CC2(C)C(=O)NC2CCCCC2)cc1OC.